The van der Waals surface area contributed by atoms with Crippen LogP contribution in [0.3, 0.4) is 0 Å². The Labute approximate surface area is 85.5 Å². The summed E-state index contributed by atoms with van der Waals surface area (Å²) >= 11 is 0. The van der Waals surface area contributed by atoms with Gasteiger partial charge in [-0.3, -0.25) is 0 Å². The van der Waals surface area contributed by atoms with Crippen molar-refractivity contribution >= 4 is 5.69 Å². The lowest BCUT2D eigenvalue weighted by Gasteiger charge is -2.30. The van der Waals surface area contributed by atoms with Gasteiger partial charge in [-0.25, -0.2) is 0 Å². The number of hydrogen-bond acceptors (Lipinski definition) is 2. The van der Waals surface area contributed by atoms with Crippen molar-refractivity contribution in [2.75, 3.05) is 5.73 Å². The summed E-state index contributed by atoms with van der Waals surface area (Å²) in [5.41, 5.74) is 7.89. The molecule has 0 amide bonds. The highest BCUT2D eigenvalue weighted by atomic mass is 15.0. The van der Waals surface area contributed by atoms with E-state index in [0.29, 0.717) is 6.04 Å². The van der Waals surface area contributed by atoms with Crippen LogP contribution in [0.4, 0.5) is 5.69 Å². The third-order valence-corrected chi connectivity index (χ3v) is 3.00. The molecule has 0 heterocycles. The van der Waals surface area contributed by atoms with Gasteiger partial charge in [0.05, 0.1) is 0 Å². The van der Waals surface area contributed by atoms with Crippen molar-refractivity contribution in [2.24, 2.45) is 0 Å². The molecule has 3 N–H and O–H groups in total. The van der Waals surface area contributed by atoms with E-state index in [2.05, 4.69) is 24.4 Å². The Kier molecular flexibility index (Phi) is 2.73. The van der Waals surface area contributed by atoms with E-state index < -0.39 is 0 Å². The number of nitrogens with one attached hydrogen (secondary N) is 1. The topological polar surface area (TPSA) is 38.0 Å². The van der Waals surface area contributed by atoms with Crippen LogP contribution in [-0.4, -0.2) is 6.04 Å². The highest BCUT2D eigenvalue weighted by Gasteiger charge is 2.19. The SMILES string of the molecule is CC(NC1CCC1)c1cccc(N)c1. The molecular formula is C12H18N2. The lowest BCUT2D eigenvalue weighted by Crippen LogP contribution is -2.36. The number of benzene rings is 1. The Balaban J connectivity index is 1.98. The Hall–Kier alpha value is -1.02. The molecule has 2 heteroatoms. The minimum Gasteiger partial charge on any atom is -0.399 e. The summed E-state index contributed by atoms with van der Waals surface area (Å²) in [5, 5.41) is 3.60. The summed E-state index contributed by atoms with van der Waals surface area (Å²) < 4.78 is 0. The second kappa shape index (κ2) is 4.01. The van der Waals surface area contributed by atoms with Gasteiger partial charge in [-0.15, -0.1) is 0 Å². The number of hydrogen-bond donors (Lipinski definition) is 2. The molecule has 1 aliphatic rings. The minimum atomic E-state index is 0.420. The van der Waals surface area contributed by atoms with Gasteiger partial charge < -0.3 is 11.1 Å². The predicted octanol–water partition coefficient (Wildman–Crippen LogP) is 2.47. The van der Waals surface area contributed by atoms with E-state index >= 15 is 0 Å². The van der Waals surface area contributed by atoms with Gasteiger partial charge in [-0.2, -0.15) is 0 Å². The first-order chi connectivity index (χ1) is 6.75. The first kappa shape index (κ1) is 9.53. The molecule has 0 spiro atoms. The van der Waals surface area contributed by atoms with Crippen LogP contribution in [0.2, 0.25) is 0 Å². The fourth-order valence-corrected chi connectivity index (χ4v) is 1.85. The smallest absolute Gasteiger partial charge is 0.0317 e. The summed E-state index contributed by atoms with van der Waals surface area (Å²) in [6.07, 6.45) is 4.03. The zero-order valence-corrected chi connectivity index (χ0v) is 8.66. The lowest BCUT2D eigenvalue weighted by molar-refractivity contribution is 0.313. The average molecular weight is 190 g/mol. The molecule has 2 nitrogen and oxygen atoms in total. The Morgan fingerprint density at radius 3 is 2.79 bits per heavy atom. The van der Waals surface area contributed by atoms with Gasteiger partial charge in [0.1, 0.15) is 0 Å². The van der Waals surface area contributed by atoms with Crippen molar-refractivity contribution in [3.63, 3.8) is 0 Å². The third kappa shape index (κ3) is 2.07. The van der Waals surface area contributed by atoms with Crippen molar-refractivity contribution < 1.29 is 0 Å². The van der Waals surface area contributed by atoms with Crippen molar-refractivity contribution in [3.05, 3.63) is 29.8 Å². The number of anilines is 1. The lowest BCUT2D eigenvalue weighted by atomic mass is 9.92. The Bertz CT molecular complexity index is 305. The minimum absolute atomic E-state index is 0.420. The Morgan fingerprint density at radius 2 is 2.21 bits per heavy atom. The molecule has 0 saturated heterocycles. The van der Waals surface area contributed by atoms with E-state index in [-0.39, 0.29) is 0 Å². The first-order valence-corrected chi connectivity index (χ1v) is 5.37. The molecule has 14 heavy (non-hydrogen) atoms. The number of nitrogen functional groups attached to an aromatic ring is 1. The maximum Gasteiger partial charge on any atom is 0.0317 e. The van der Waals surface area contributed by atoms with Crippen LogP contribution in [0.25, 0.3) is 0 Å². The second-order valence-electron chi connectivity index (χ2n) is 4.19. The molecule has 1 aromatic carbocycles. The highest BCUT2D eigenvalue weighted by Crippen LogP contribution is 2.23. The normalized spacial score (nSPS) is 18.9. The van der Waals surface area contributed by atoms with E-state index in [1.807, 2.05) is 12.1 Å². The van der Waals surface area contributed by atoms with Crippen LogP contribution in [0, 0.1) is 0 Å². The van der Waals surface area contributed by atoms with Crippen LogP contribution in [0.15, 0.2) is 24.3 Å². The van der Waals surface area contributed by atoms with Gasteiger partial charge in [-0.1, -0.05) is 18.6 Å². The molecule has 0 radical (unpaired) electrons. The molecule has 0 bridgehead atoms. The summed E-state index contributed by atoms with van der Waals surface area (Å²) in [6.45, 7) is 2.20. The molecular weight excluding hydrogens is 172 g/mol. The van der Waals surface area contributed by atoms with Crippen LogP contribution >= 0.6 is 0 Å². The van der Waals surface area contributed by atoms with Crippen LogP contribution in [-0.2, 0) is 0 Å². The van der Waals surface area contributed by atoms with E-state index in [0.717, 1.165) is 11.7 Å². The molecule has 1 aliphatic carbocycles. The van der Waals surface area contributed by atoms with E-state index in [4.69, 9.17) is 5.73 Å². The van der Waals surface area contributed by atoms with Crippen LogP contribution in [0.5, 0.6) is 0 Å². The van der Waals surface area contributed by atoms with Crippen molar-refractivity contribution in [1.82, 2.24) is 5.32 Å². The Morgan fingerprint density at radius 1 is 1.43 bits per heavy atom. The van der Waals surface area contributed by atoms with Gasteiger partial charge in [0.2, 0.25) is 0 Å². The van der Waals surface area contributed by atoms with Crippen molar-refractivity contribution in [2.45, 2.75) is 38.3 Å². The molecule has 2 rings (SSSR count). The standard InChI is InChI=1S/C12H18N2/c1-9(14-12-6-3-7-12)10-4-2-5-11(13)8-10/h2,4-5,8-9,12,14H,3,6-7,13H2,1H3. The average Bonchev–Trinajstić information content (AvgIpc) is 2.11. The monoisotopic (exact) mass is 190 g/mol. The van der Waals surface area contributed by atoms with Crippen LogP contribution < -0.4 is 11.1 Å². The van der Waals surface area contributed by atoms with Gasteiger partial charge in [0.15, 0.2) is 0 Å². The van der Waals surface area contributed by atoms with Gasteiger partial charge in [-0.05, 0) is 37.5 Å². The molecule has 1 saturated carbocycles. The summed E-state index contributed by atoms with van der Waals surface area (Å²) in [4.78, 5) is 0. The van der Waals surface area contributed by atoms with E-state index in [1.54, 1.807) is 0 Å². The molecule has 0 aliphatic heterocycles. The molecule has 1 unspecified atom stereocenters. The summed E-state index contributed by atoms with van der Waals surface area (Å²) in [6, 6.07) is 9.28. The number of nitrogens with two attached hydrogens (primary N) is 1. The van der Waals surface area contributed by atoms with Gasteiger partial charge in [0.25, 0.3) is 0 Å². The maximum absolute atomic E-state index is 5.75. The summed E-state index contributed by atoms with van der Waals surface area (Å²) in [7, 11) is 0. The first-order valence-electron chi connectivity index (χ1n) is 5.37. The van der Waals surface area contributed by atoms with Crippen LogP contribution in [0.1, 0.15) is 37.8 Å². The van der Waals surface area contributed by atoms with E-state index in [9.17, 15) is 0 Å². The fraction of sp³-hybridized carbons (Fsp3) is 0.500. The van der Waals surface area contributed by atoms with Gasteiger partial charge >= 0.3 is 0 Å². The largest absolute Gasteiger partial charge is 0.399 e. The fourth-order valence-electron chi connectivity index (χ4n) is 1.85. The zero-order chi connectivity index (χ0) is 9.97. The molecule has 1 aromatic rings. The zero-order valence-electron chi connectivity index (χ0n) is 8.66. The van der Waals surface area contributed by atoms with E-state index in [1.165, 1.54) is 24.8 Å². The van der Waals surface area contributed by atoms with Gasteiger partial charge in [0, 0.05) is 17.8 Å². The predicted molar refractivity (Wildman–Crippen MR) is 60.0 cm³/mol. The molecule has 1 fully saturated rings. The quantitative estimate of drug-likeness (QED) is 0.719. The van der Waals surface area contributed by atoms with Crippen molar-refractivity contribution in [3.8, 4) is 0 Å². The second-order valence-corrected chi connectivity index (χ2v) is 4.19. The molecule has 1 atom stereocenters. The third-order valence-electron chi connectivity index (χ3n) is 3.00. The van der Waals surface area contributed by atoms with Crippen molar-refractivity contribution in [1.29, 1.82) is 0 Å². The number of rotatable bonds is 3. The maximum atomic E-state index is 5.75. The molecule has 76 valence electrons. The molecule has 0 aromatic heterocycles. The highest BCUT2D eigenvalue weighted by molar-refractivity contribution is 5.41. The summed E-state index contributed by atoms with van der Waals surface area (Å²) in [5.74, 6) is 0.